The van der Waals surface area contributed by atoms with Crippen molar-refractivity contribution in [3.8, 4) is 0 Å². The monoisotopic (exact) mass is 433 g/mol. The Labute approximate surface area is 182 Å². The molecule has 1 fully saturated rings. The molecular formula is C22H31N3O6. The first-order valence-corrected chi connectivity index (χ1v) is 10.3. The van der Waals surface area contributed by atoms with Gasteiger partial charge in [-0.05, 0) is 45.6 Å². The Kier molecular flexibility index (Phi) is 8.01. The van der Waals surface area contributed by atoms with Crippen LogP contribution in [-0.2, 0) is 25.7 Å². The zero-order valence-electron chi connectivity index (χ0n) is 18.2. The second-order valence-corrected chi connectivity index (χ2v) is 8.63. The molecular weight excluding hydrogens is 402 g/mol. The minimum absolute atomic E-state index is 0.0750. The summed E-state index contributed by atoms with van der Waals surface area (Å²) in [7, 11) is 0. The van der Waals surface area contributed by atoms with Crippen molar-refractivity contribution in [2.75, 3.05) is 6.54 Å². The minimum atomic E-state index is -1.11. The summed E-state index contributed by atoms with van der Waals surface area (Å²) < 4.78 is 5.43. The molecule has 0 spiro atoms. The van der Waals surface area contributed by atoms with Crippen molar-refractivity contribution in [1.29, 1.82) is 0 Å². The fourth-order valence-electron chi connectivity index (χ4n) is 3.59. The summed E-state index contributed by atoms with van der Waals surface area (Å²) in [6.07, 6.45) is 0.0257. The third-order valence-electron chi connectivity index (χ3n) is 4.98. The molecule has 1 saturated heterocycles. The lowest BCUT2D eigenvalue weighted by atomic mass is 10.0. The van der Waals surface area contributed by atoms with Gasteiger partial charge in [0, 0.05) is 19.5 Å². The summed E-state index contributed by atoms with van der Waals surface area (Å²) >= 11 is 0. The SMILES string of the molecule is CC(C)(C)OC(=O)N1CCC[C@H]1C(=O)N(Cc1ccccc1)[C@H](CCC(=O)O)C(N)=O. The number of likely N-dealkylation sites (tertiary alicyclic amines) is 1. The molecule has 2 rings (SSSR count). The van der Waals surface area contributed by atoms with Gasteiger partial charge >= 0.3 is 12.1 Å². The van der Waals surface area contributed by atoms with Crippen molar-refractivity contribution in [3.05, 3.63) is 35.9 Å². The smallest absolute Gasteiger partial charge is 0.410 e. The summed E-state index contributed by atoms with van der Waals surface area (Å²) in [5.41, 5.74) is 5.61. The Bertz CT molecular complexity index is 805. The molecule has 3 amide bonds. The first-order valence-electron chi connectivity index (χ1n) is 10.3. The van der Waals surface area contributed by atoms with Crippen LogP contribution in [0.5, 0.6) is 0 Å². The van der Waals surface area contributed by atoms with E-state index < -0.39 is 41.6 Å². The lowest BCUT2D eigenvalue weighted by molar-refractivity contribution is -0.145. The highest BCUT2D eigenvalue weighted by molar-refractivity contribution is 5.91. The van der Waals surface area contributed by atoms with E-state index in [1.54, 1.807) is 45.0 Å². The molecule has 31 heavy (non-hydrogen) atoms. The van der Waals surface area contributed by atoms with Crippen molar-refractivity contribution in [3.63, 3.8) is 0 Å². The van der Waals surface area contributed by atoms with Crippen molar-refractivity contribution in [2.24, 2.45) is 5.73 Å². The van der Waals surface area contributed by atoms with E-state index in [9.17, 15) is 19.2 Å². The van der Waals surface area contributed by atoms with Gasteiger partial charge in [0.1, 0.15) is 17.7 Å². The maximum Gasteiger partial charge on any atom is 0.410 e. The molecule has 0 bridgehead atoms. The predicted octanol–water partition coefficient (Wildman–Crippen LogP) is 2.13. The van der Waals surface area contributed by atoms with E-state index in [-0.39, 0.29) is 19.4 Å². The van der Waals surface area contributed by atoms with Crippen LogP contribution in [0.3, 0.4) is 0 Å². The summed E-state index contributed by atoms with van der Waals surface area (Å²) in [6.45, 7) is 5.67. The number of carbonyl (C=O) groups excluding carboxylic acids is 3. The third kappa shape index (κ3) is 6.97. The van der Waals surface area contributed by atoms with Crippen LogP contribution >= 0.6 is 0 Å². The maximum absolute atomic E-state index is 13.5. The molecule has 0 aliphatic carbocycles. The second-order valence-electron chi connectivity index (χ2n) is 8.63. The number of rotatable bonds is 8. The number of primary amides is 1. The van der Waals surface area contributed by atoms with E-state index in [0.717, 1.165) is 5.56 Å². The number of hydrogen-bond acceptors (Lipinski definition) is 5. The number of ether oxygens (including phenoxy) is 1. The first kappa shape index (κ1) is 24.2. The van der Waals surface area contributed by atoms with Crippen LogP contribution in [0.1, 0.15) is 52.0 Å². The van der Waals surface area contributed by atoms with Gasteiger partial charge in [-0.3, -0.25) is 19.3 Å². The number of nitrogens with two attached hydrogens (primary N) is 1. The van der Waals surface area contributed by atoms with Gasteiger partial charge in [-0.25, -0.2) is 4.79 Å². The largest absolute Gasteiger partial charge is 0.481 e. The van der Waals surface area contributed by atoms with Crippen LogP contribution in [0.25, 0.3) is 0 Å². The zero-order valence-corrected chi connectivity index (χ0v) is 18.2. The number of nitrogens with zero attached hydrogens (tertiary/aromatic N) is 2. The standard InChI is InChI=1S/C22H31N3O6/c1-22(2,3)31-21(30)24-13-7-10-17(24)20(29)25(14-15-8-5-4-6-9-15)16(19(23)28)11-12-18(26)27/h4-6,8-9,16-17H,7,10-14H2,1-3H3,(H2,23,28)(H,26,27)/t16-,17+/m1/s1. The number of hydrogen-bond donors (Lipinski definition) is 2. The molecule has 1 aliphatic heterocycles. The quantitative estimate of drug-likeness (QED) is 0.646. The van der Waals surface area contributed by atoms with E-state index in [0.29, 0.717) is 19.4 Å². The lowest BCUT2D eigenvalue weighted by Gasteiger charge is -2.35. The molecule has 1 aromatic carbocycles. The van der Waals surface area contributed by atoms with Crippen LogP contribution in [0, 0.1) is 0 Å². The highest BCUT2D eigenvalue weighted by Crippen LogP contribution is 2.25. The Hall–Kier alpha value is -3.10. The van der Waals surface area contributed by atoms with Gasteiger partial charge in [-0.15, -0.1) is 0 Å². The Morgan fingerprint density at radius 2 is 1.87 bits per heavy atom. The van der Waals surface area contributed by atoms with E-state index in [4.69, 9.17) is 15.6 Å². The second kappa shape index (κ2) is 10.3. The lowest BCUT2D eigenvalue weighted by Crippen LogP contribution is -2.54. The van der Waals surface area contributed by atoms with Gasteiger partial charge in [0.25, 0.3) is 0 Å². The molecule has 9 heteroatoms. The average Bonchev–Trinajstić information content (AvgIpc) is 3.15. The summed E-state index contributed by atoms with van der Waals surface area (Å²) in [5.74, 6) is -2.32. The molecule has 0 unspecified atom stereocenters. The molecule has 0 aromatic heterocycles. The third-order valence-corrected chi connectivity index (χ3v) is 4.98. The molecule has 0 radical (unpaired) electrons. The van der Waals surface area contributed by atoms with E-state index in [1.165, 1.54) is 9.80 Å². The number of carboxylic acid groups (broad SMARTS) is 1. The highest BCUT2D eigenvalue weighted by Gasteiger charge is 2.41. The van der Waals surface area contributed by atoms with E-state index in [1.807, 2.05) is 6.07 Å². The number of carbonyl (C=O) groups is 4. The van der Waals surface area contributed by atoms with Gasteiger partial charge in [0.05, 0.1) is 0 Å². The molecule has 1 heterocycles. The van der Waals surface area contributed by atoms with Gasteiger partial charge in [-0.2, -0.15) is 0 Å². The van der Waals surface area contributed by atoms with Crippen molar-refractivity contribution >= 4 is 23.9 Å². The summed E-state index contributed by atoms with van der Waals surface area (Å²) in [4.78, 5) is 52.1. The molecule has 9 nitrogen and oxygen atoms in total. The van der Waals surface area contributed by atoms with Crippen molar-refractivity contribution in [2.45, 2.75) is 70.7 Å². The molecule has 1 aliphatic rings. The van der Waals surface area contributed by atoms with Crippen LogP contribution in [-0.4, -0.2) is 63.0 Å². The summed E-state index contributed by atoms with van der Waals surface area (Å²) in [5, 5.41) is 9.06. The fraction of sp³-hybridized carbons (Fsp3) is 0.545. The number of carboxylic acids is 1. The van der Waals surface area contributed by atoms with Crippen LogP contribution in [0.2, 0.25) is 0 Å². The van der Waals surface area contributed by atoms with Gasteiger partial charge in [0.2, 0.25) is 11.8 Å². The average molecular weight is 434 g/mol. The van der Waals surface area contributed by atoms with E-state index in [2.05, 4.69) is 0 Å². The van der Waals surface area contributed by atoms with Gasteiger partial charge in [-0.1, -0.05) is 30.3 Å². The first-order chi connectivity index (χ1) is 14.5. The summed E-state index contributed by atoms with van der Waals surface area (Å²) in [6, 6.07) is 7.13. The van der Waals surface area contributed by atoms with E-state index >= 15 is 0 Å². The Morgan fingerprint density at radius 3 is 2.42 bits per heavy atom. The zero-order chi connectivity index (χ0) is 23.2. The van der Waals surface area contributed by atoms with Crippen molar-refractivity contribution < 1.29 is 29.0 Å². The van der Waals surface area contributed by atoms with Crippen LogP contribution in [0.15, 0.2) is 30.3 Å². The molecule has 2 atom stereocenters. The molecule has 170 valence electrons. The van der Waals surface area contributed by atoms with Crippen molar-refractivity contribution in [1.82, 2.24) is 9.80 Å². The molecule has 3 N–H and O–H groups in total. The molecule has 1 aromatic rings. The van der Waals surface area contributed by atoms with Gasteiger partial charge in [0.15, 0.2) is 0 Å². The number of amides is 3. The predicted molar refractivity (Wildman–Crippen MR) is 113 cm³/mol. The van der Waals surface area contributed by atoms with Gasteiger partial charge < -0.3 is 20.5 Å². The fourth-order valence-corrected chi connectivity index (χ4v) is 3.59. The molecule has 0 saturated carbocycles. The number of benzene rings is 1. The Balaban J connectivity index is 2.32. The topological polar surface area (TPSA) is 130 Å². The Morgan fingerprint density at radius 1 is 1.23 bits per heavy atom. The number of aliphatic carboxylic acids is 1. The minimum Gasteiger partial charge on any atom is -0.481 e. The van der Waals surface area contributed by atoms with Crippen LogP contribution < -0.4 is 5.73 Å². The highest BCUT2D eigenvalue weighted by atomic mass is 16.6. The van der Waals surface area contributed by atoms with Crippen LogP contribution in [0.4, 0.5) is 4.79 Å². The maximum atomic E-state index is 13.5. The normalized spacial score (nSPS) is 17.1.